The maximum absolute atomic E-state index is 12.4. The van der Waals surface area contributed by atoms with Crippen molar-refractivity contribution in [2.45, 2.75) is 26.3 Å². The molecule has 0 N–H and O–H groups in total. The van der Waals surface area contributed by atoms with Crippen LogP contribution < -0.4 is 0 Å². The van der Waals surface area contributed by atoms with E-state index in [1.807, 2.05) is 46.1 Å². The van der Waals surface area contributed by atoms with E-state index >= 15 is 0 Å². The second-order valence-electron chi connectivity index (χ2n) is 6.75. The molecule has 3 aromatic rings. The highest BCUT2D eigenvalue weighted by Crippen LogP contribution is 2.22. The number of hydrogen-bond acceptors (Lipinski definition) is 5. The number of rotatable bonds is 4. The summed E-state index contributed by atoms with van der Waals surface area (Å²) in [5.41, 5.74) is 2.35. The van der Waals surface area contributed by atoms with E-state index in [-0.39, 0.29) is 5.91 Å². The standard InChI is InChI=1S/C19H21N5O2/c1-14-11-17(21-26-14)19(25)23-9-7-15(8-10-23)12-24-13-18(20-22-24)16-5-3-2-4-6-16/h2-6,11,13,15H,7-10,12H2,1H3. The Hall–Kier alpha value is -2.96. The van der Waals surface area contributed by atoms with Crippen molar-refractivity contribution in [3.05, 3.63) is 54.0 Å². The second kappa shape index (κ2) is 7.11. The van der Waals surface area contributed by atoms with Crippen LogP contribution in [0.4, 0.5) is 0 Å². The monoisotopic (exact) mass is 351 g/mol. The molecule has 0 unspecified atom stereocenters. The van der Waals surface area contributed by atoms with Gasteiger partial charge in [0.15, 0.2) is 5.69 Å². The minimum absolute atomic E-state index is 0.0487. The van der Waals surface area contributed by atoms with E-state index in [9.17, 15) is 4.79 Å². The number of aryl methyl sites for hydroxylation is 1. The number of carbonyl (C=O) groups is 1. The summed E-state index contributed by atoms with van der Waals surface area (Å²) in [6, 6.07) is 11.7. The van der Waals surface area contributed by atoms with E-state index in [0.717, 1.165) is 43.7 Å². The molecule has 1 amide bonds. The third kappa shape index (κ3) is 3.51. The maximum atomic E-state index is 12.4. The van der Waals surface area contributed by atoms with Gasteiger partial charge >= 0.3 is 0 Å². The molecule has 1 saturated heterocycles. The third-order valence-electron chi connectivity index (χ3n) is 4.80. The van der Waals surface area contributed by atoms with Crippen molar-refractivity contribution in [1.82, 2.24) is 25.1 Å². The molecule has 2 aromatic heterocycles. The van der Waals surface area contributed by atoms with Crippen LogP contribution in [0.1, 0.15) is 29.1 Å². The van der Waals surface area contributed by atoms with Gasteiger partial charge in [-0.2, -0.15) is 0 Å². The first-order chi connectivity index (χ1) is 12.7. The molecule has 0 spiro atoms. The fraction of sp³-hybridized carbons (Fsp3) is 0.368. The highest BCUT2D eigenvalue weighted by atomic mass is 16.5. The Kier molecular flexibility index (Phi) is 4.51. The molecule has 3 heterocycles. The van der Waals surface area contributed by atoms with Crippen molar-refractivity contribution < 1.29 is 9.32 Å². The lowest BCUT2D eigenvalue weighted by atomic mass is 9.96. The van der Waals surface area contributed by atoms with Gasteiger partial charge in [0, 0.05) is 31.3 Å². The van der Waals surface area contributed by atoms with Crippen molar-refractivity contribution in [3.63, 3.8) is 0 Å². The smallest absolute Gasteiger partial charge is 0.276 e. The molecule has 0 bridgehead atoms. The molecule has 0 radical (unpaired) electrons. The van der Waals surface area contributed by atoms with Crippen molar-refractivity contribution in [1.29, 1.82) is 0 Å². The van der Waals surface area contributed by atoms with Crippen LogP contribution in [0.15, 0.2) is 47.1 Å². The molecule has 1 aliphatic rings. The molecular formula is C19H21N5O2. The molecule has 0 saturated carbocycles. The summed E-state index contributed by atoms with van der Waals surface area (Å²) in [4.78, 5) is 14.3. The van der Waals surface area contributed by atoms with Gasteiger partial charge in [0.1, 0.15) is 11.5 Å². The minimum atomic E-state index is -0.0487. The van der Waals surface area contributed by atoms with Gasteiger partial charge in [-0.15, -0.1) is 5.10 Å². The van der Waals surface area contributed by atoms with Gasteiger partial charge in [-0.25, -0.2) is 0 Å². The zero-order valence-electron chi connectivity index (χ0n) is 14.7. The Bertz CT molecular complexity index is 878. The van der Waals surface area contributed by atoms with Gasteiger partial charge in [0.25, 0.3) is 5.91 Å². The molecule has 7 heteroatoms. The highest BCUT2D eigenvalue weighted by molar-refractivity contribution is 5.92. The Labute approximate surface area is 151 Å². The minimum Gasteiger partial charge on any atom is -0.361 e. The van der Waals surface area contributed by atoms with Crippen LogP contribution in [-0.2, 0) is 6.54 Å². The van der Waals surface area contributed by atoms with Gasteiger partial charge in [-0.05, 0) is 25.7 Å². The molecule has 134 valence electrons. The largest absolute Gasteiger partial charge is 0.361 e. The zero-order chi connectivity index (χ0) is 17.9. The van der Waals surface area contributed by atoms with E-state index in [1.165, 1.54) is 0 Å². The summed E-state index contributed by atoms with van der Waals surface area (Å²) in [7, 11) is 0. The normalized spacial score (nSPS) is 15.3. The molecule has 26 heavy (non-hydrogen) atoms. The lowest BCUT2D eigenvalue weighted by Gasteiger charge is -2.31. The molecule has 4 rings (SSSR count). The first-order valence-electron chi connectivity index (χ1n) is 8.87. The first kappa shape index (κ1) is 16.5. The summed E-state index contributed by atoms with van der Waals surface area (Å²) in [6.45, 7) is 4.08. The van der Waals surface area contributed by atoms with Gasteiger partial charge in [-0.1, -0.05) is 40.7 Å². The number of hydrogen-bond donors (Lipinski definition) is 0. The SMILES string of the molecule is Cc1cc(C(=O)N2CCC(Cn3cc(-c4ccccc4)nn3)CC2)no1. The second-order valence-corrected chi connectivity index (χ2v) is 6.75. The van der Waals surface area contributed by atoms with Gasteiger partial charge in [0.2, 0.25) is 0 Å². The molecular weight excluding hydrogens is 330 g/mol. The fourth-order valence-electron chi connectivity index (χ4n) is 3.34. The molecule has 7 nitrogen and oxygen atoms in total. The number of likely N-dealkylation sites (tertiary alicyclic amines) is 1. The summed E-state index contributed by atoms with van der Waals surface area (Å²) in [6.07, 6.45) is 3.89. The van der Waals surface area contributed by atoms with Gasteiger partial charge in [0.05, 0.1) is 6.20 Å². The Morgan fingerprint density at radius 2 is 2.00 bits per heavy atom. The molecule has 1 aromatic carbocycles. The fourth-order valence-corrected chi connectivity index (χ4v) is 3.34. The number of benzene rings is 1. The van der Waals surface area contributed by atoms with E-state index in [0.29, 0.717) is 17.4 Å². The van der Waals surface area contributed by atoms with Crippen LogP contribution >= 0.6 is 0 Å². The summed E-state index contributed by atoms with van der Waals surface area (Å²) in [5, 5.41) is 12.3. The average Bonchev–Trinajstić information content (AvgIpc) is 3.32. The Morgan fingerprint density at radius 3 is 2.69 bits per heavy atom. The Balaban J connectivity index is 1.33. The van der Waals surface area contributed by atoms with E-state index in [4.69, 9.17) is 4.52 Å². The lowest BCUT2D eigenvalue weighted by molar-refractivity contribution is 0.0670. The molecule has 0 atom stereocenters. The molecule has 0 aliphatic carbocycles. The molecule has 1 aliphatic heterocycles. The van der Waals surface area contributed by atoms with Gasteiger partial charge < -0.3 is 9.42 Å². The zero-order valence-corrected chi connectivity index (χ0v) is 14.7. The van der Waals surface area contributed by atoms with E-state index in [2.05, 4.69) is 15.5 Å². The van der Waals surface area contributed by atoms with Crippen molar-refractivity contribution >= 4 is 5.91 Å². The van der Waals surface area contributed by atoms with Crippen LogP contribution in [0, 0.1) is 12.8 Å². The quantitative estimate of drug-likeness (QED) is 0.722. The number of carbonyl (C=O) groups excluding carboxylic acids is 1. The highest BCUT2D eigenvalue weighted by Gasteiger charge is 2.25. The van der Waals surface area contributed by atoms with E-state index in [1.54, 1.807) is 13.0 Å². The number of aromatic nitrogens is 4. The van der Waals surface area contributed by atoms with Crippen molar-refractivity contribution in [2.24, 2.45) is 5.92 Å². The number of piperidine rings is 1. The maximum Gasteiger partial charge on any atom is 0.276 e. The third-order valence-corrected chi connectivity index (χ3v) is 4.80. The topological polar surface area (TPSA) is 77.1 Å². The number of amides is 1. The van der Waals surface area contributed by atoms with Crippen LogP contribution in [0.25, 0.3) is 11.3 Å². The van der Waals surface area contributed by atoms with Crippen LogP contribution in [0.2, 0.25) is 0 Å². The predicted octanol–water partition coefficient (Wildman–Crippen LogP) is 2.79. The summed E-state index contributed by atoms with van der Waals surface area (Å²) >= 11 is 0. The van der Waals surface area contributed by atoms with Gasteiger partial charge in [-0.3, -0.25) is 9.48 Å². The first-order valence-corrected chi connectivity index (χ1v) is 8.87. The Morgan fingerprint density at radius 1 is 1.23 bits per heavy atom. The van der Waals surface area contributed by atoms with Crippen LogP contribution in [-0.4, -0.2) is 44.0 Å². The van der Waals surface area contributed by atoms with Crippen LogP contribution in [0.3, 0.4) is 0 Å². The summed E-state index contributed by atoms with van der Waals surface area (Å²) in [5.74, 6) is 1.10. The van der Waals surface area contributed by atoms with Crippen molar-refractivity contribution in [2.75, 3.05) is 13.1 Å². The average molecular weight is 351 g/mol. The lowest BCUT2D eigenvalue weighted by Crippen LogP contribution is -2.39. The van der Waals surface area contributed by atoms with Crippen LogP contribution in [0.5, 0.6) is 0 Å². The number of nitrogens with zero attached hydrogens (tertiary/aromatic N) is 5. The predicted molar refractivity (Wildman–Crippen MR) is 95.3 cm³/mol. The summed E-state index contributed by atoms with van der Waals surface area (Å²) < 4.78 is 6.91. The van der Waals surface area contributed by atoms with E-state index < -0.39 is 0 Å². The van der Waals surface area contributed by atoms with Crippen molar-refractivity contribution in [3.8, 4) is 11.3 Å². The molecule has 1 fully saturated rings.